The molecule has 0 amide bonds. The van der Waals surface area contributed by atoms with E-state index >= 15 is 0 Å². The van der Waals surface area contributed by atoms with E-state index in [9.17, 15) is 4.79 Å². The maximum absolute atomic E-state index is 12.5. The third-order valence-electron chi connectivity index (χ3n) is 4.44. The van der Waals surface area contributed by atoms with Gasteiger partial charge in [0.1, 0.15) is 0 Å². The Morgan fingerprint density at radius 2 is 1.63 bits per heavy atom. The first-order valence-electron chi connectivity index (χ1n) is 8.45. The fourth-order valence-electron chi connectivity index (χ4n) is 3.01. The van der Waals surface area contributed by atoms with Gasteiger partial charge in [0.15, 0.2) is 5.65 Å². The summed E-state index contributed by atoms with van der Waals surface area (Å²) < 4.78 is 1.00. The number of nitrogens with one attached hydrogen (secondary N) is 1. The predicted octanol–water partition coefficient (Wildman–Crippen LogP) is 4.48. The minimum Gasteiger partial charge on any atom is -0.378 e. The lowest BCUT2D eigenvalue weighted by Crippen LogP contribution is -2.10. The Labute approximate surface area is 164 Å². The van der Waals surface area contributed by atoms with Crippen LogP contribution in [0.2, 0.25) is 0 Å². The molecule has 5 nitrogen and oxygen atoms in total. The number of hydrogen-bond acceptors (Lipinski definition) is 4. The minimum atomic E-state index is -0.193. The average Bonchev–Trinajstić information content (AvgIpc) is 2.68. The van der Waals surface area contributed by atoms with Gasteiger partial charge in [0.05, 0.1) is 17.4 Å². The zero-order valence-electron chi connectivity index (χ0n) is 14.9. The predicted molar refractivity (Wildman–Crippen MR) is 113 cm³/mol. The monoisotopic (exact) mass is 420 g/mol. The topological polar surface area (TPSA) is 61.9 Å². The number of benzene rings is 2. The number of anilines is 1. The second-order valence-electron chi connectivity index (χ2n) is 6.43. The molecule has 0 unspecified atom stereocenters. The van der Waals surface area contributed by atoms with Crippen LogP contribution in [0.3, 0.4) is 0 Å². The van der Waals surface area contributed by atoms with Crippen LogP contribution in [0.5, 0.6) is 0 Å². The molecule has 4 rings (SSSR count). The number of hydrogen-bond donors (Lipinski definition) is 1. The summed E-state index contributed by atoms with van der Waals surface area (Å²) in [6, 6.07) is 18.0. The third kappa shape index (κ3) is 3.36. The summed E-state index contributed by atoms with van der Waals surface area (Å²) in [7, 11) is 3.99. The largest absolute Gasteiger partial charge is 0.378 e. The normalized spacial score (nSPS) is 10.9. The molecule has 1 N–H and O–H groups in total. The Kier molecular flexibility index (Phi) is 4.49. The summed E-state index contributed by atoms with van der Waals surface area (Å²) in [5.41, 5.74) is 4.85. The summed E-state index contributed by atoms with van der Waals surface area (Å²) in [6.07, 6.45) is 1.39. The van der Waals surface area contributed by atoms with Crippen LogP contribution < -0.4 is 10.5 Å². The highest BCUT2D eigenvalue weighted by Crippen LogP contribution is 2.31. The molecule has 2 aromatic carbocycles. The van der Waals surface area contributed by atoms with Gasteiger partial charge in [-0.3, -0.25) is 4.79 Å². The van der Waals surface area contributed by atoms with Gasteiger partial charge in [-0.1, -0.05) is 40.2 Å². The van der Waals surface area contributed by atoms with Gasteiger partial charge in [0.25, 0.3) is 5.56 Å². The lowest BCUT2D eigenvalue weighted by atomic mass is 10.00. The fourth-order valence-corrected chi connectivity index (χ4v) is 3.27. The summed E-state index contributed by atoms with van der Waals surface area (Å²) in [5, 5.41) is 0.496. The molecule has 0 spiro atoms. The maximum Gasteiger partial charge on any atom is 0.260 e. The average molecular weight is 421 g/mol. The van der Waals surface area contributed by atoms with E-state index in [1.165, 1.54) is 6.33 Å². The first-order chi connectivity index (χ1) is 13.0. The molecule has 0 saturated carbocycles. The molecule has 0 radical (unpaired) electrons. The maximum atomic E-state index is 12.5. The number of H-pyrrole nitrogens is 1. The molecule has 27 heavy (non-hydrogen) atoms. The van der Waals surface area contributed by atoms with Crippen LogP contribution in [-0.4, -0.2) is 29.0 Å². The van der Waals surface area contributed by atoms with Crippen molar-refractivity contribution in [1.29, 1.82) is 0 Å². The van der Waals surface area contributed by atoms with Crippen molar-refractivity contribution in [2.75, 3.05) is 19.0 Å². The van der Waals surface area contributed by atoms with Crippen LogP contribution in [-0.2, 0) is 0 Å². The van der Waals surface area contributed by atoms with E-state index in [1.807, 2.05) is 73.6 Å². The Hall–Kier alpha value is -2.99. The van der Waals surface area contributed by atoms with Gasteiger partial charge in [-0.05, 0) is 35.9 Å². The number of fused-ring (bicyclic) bond motifs is 1. The summed E-state index contributed by atoms with van der Waals surface area (Å²) >= 11 is 3.45. The molecule has 0 aliphatic carbocycles. The van der Waals surface area contributed by atoms with Crippen LogP contribution >= 0.6 is 15.9 Å². The van der Waals surface area contributed by atoms with Crippen molar-refractivity contribution in [3.63, 3.8) is 0 Å². The van der Waals surface area contributed by atoms with Gasteiger partial charge in [-0.15, -0.1) is 0 Å². The van der Waals surface area contributed by atoms with Gasteiger partial charge in [-0.2, -0.15) is 0 Å². The molecular formula is C21H17BrN4O. The van der Waals surface area contributed by atoms with Crippen molar-refractivity contribution in [2.45, 2.75) is 0 Å². The Morgan fingerprint density at radius 1 is 0.963 bits per heavy atom. The second kappa shape index (κ2) is 6.96. The van der Waals surface area contributed by atoms with Crippen LogP contribution in [0.25, 0.3) is 33.4 Å². The van der Waals surface area contributed by atoms with E-state index in [4.69, 9.17) is 0 Å². The van der Waals surface area contributed by atoms with Gasteiger partial charge < -0.3 is 9.88 Å². The number of pyridine rings is 1. The molecule has 6 heteroatoms. The zero-order valence-corrected chi connectivity index (χ0v) is 16.5. The molecule has 2 heterocycles. The third-order valence-corrected chi connectivity index (χ3v) is 4.97. The standard InChI is InChI=1S/C21H17BrN4O/c1-26(2)16-9-5-13(6-10-16)17-11-18(14-3-7-15(22)8-4-14)25-20-19(17)21(27)24-12-23-20/h3-12H,1-2H3,(H,23,24,25,27). The number of aromatic amines is 1. The van der Waals surface area contributed by atoms with Crippen molar-refractivity contribution in [1.82, 2.24) is 15.0 Å². The summed E-state index contributed by atoms with van der Waals surface area (Å²) in [6.45, 7) is 0. The molecule has 0 bridgehead atoms. The van der Waals surface area contributed by atoms with E-state index in [-0.39, 0.29) is 5.56 Å². The van der Waals surface area contributed by atoms with Gasteiger partial charge in [-0.25, -0.2) is 9.97 Å². The molecule has 2 aromatic heterocycles. The van der Waals surface area contributed by atoms with E-state index in [1.54, 1.807) is 0 Å². The van der Waals surface area contributed by atoms with Gasteiger partial charge >= 0.3 is 0 Å². The Morgan fingerprint density at radius 3 is 2.30 bits per heavy atom. The van der Waals surface area contributed by atoms with E-state index in [0.29, 0.717) is 11.0 Å². The molecule has 0 aliphatic rings. The van der Waals surface area contributed by atoms with Crippen LogP contribution in [0, 0.1) is 0 Å². The van der Waals surface area contributed by atoms with Crippen molar-refractivity contribution in [3.8, 4) is 22.4 Å². The number of halogens is 1. The Bertz CT molecular complexity index is 1170. The smallest absolute Gasteiger partial charge is 0.260 e. The molecule has 0 saturated heterocycles. The first kappa shape index (κ1) is 17.4. The van der Waals surface area contributed by atoms with E-state index in [2.05, 4.69) is 30.9 Å². The first-order valence-corrected chi connectivity index (χ1v) is 9.24. The second-order valence-corrected chi connectivity index (χ2v) is 7.35. The lowest BCUT2D eigenvalue weighted by Gasteiger charge is -2.14. The minimum absolute atomic E-state index is 0.193. The van der Waals surface area contributed by atoms with Crippen molar-refractivity contribution in [3.05, 3.63) is 75.8 Å². The quantitative estimate of drug-likeness (QED) is 0.530. The Balaban J connectivity index is 1.97. The fraction of sp³-hybridized carbons (Fsp3) is 0.0952. The summed E-state index contributed by atoms with van der Waals surface area (Å²) in [5.74, 6) is 0. The number of rotatable bonds is 3. The van der Waals surface area contributed by atoms with Crippen molar-refractivity contribution < 1.29 is 0 Å². The van der Waals surface area contributed by atoms with Crippen LogP contribution in [0.1, 0.15) is 0 Å². The highest BCUT2D eigenvalue weighted by atomic mass is 79.9. The van der Waals surface area contributed by atoms with E-state index < -0.39 is 0 Å². The summed E-state index contributed by atoms with van der Waals surface area (Å²) in [4.78, 5) is 26.1. The SMILES string of the molecule is CN(C)c1ccc(-c2cc(-c3ccc(Br)cc3)nc3nc[nH]c(=O)c23)cc1. The molecule has 0 aliphatic heterocycles. The number of aromatic nitrogens is 3. The highest BCUT2D eigenvalue weighted by Gasteiger charge is 2.13. The molecular weight excluding hydrogens is 404 g/mol. The highest BCUT2D eigenvalue weighted by molar-refractivity contribution is 9.10. The molecule has 0 atom stereocenters. The number of nitrogens with zero attached hydrogens (tertiary/aromatic N) is 3. The van der Waals surface area contributed by atoms with Gasteiger partial charge in [0, 0.05) is 35.4 Å². The zero-order chi connectivity index (χ0) is 19.0. The lowest BCUT2D eigenvalue weighted by molar-refractivity contribution is 1.13. The molecule has 134 valence electrons. The molecule has 0 fully saturated rings. The van der Waals surface area contributed by atoms with Crippen LogP contribution in [0.4, 0.5) is 5.69 Å². The van der Waals surface area contributed by atoms with E-state index in [0.717, 1.165) is 32.5 Å². The van der Waals surface area contributed by atoms with Crippen molar-refractivity contribution >= 4 is 32.7 Å². The molecule has 4 aromatic rings. The van der Waals surface area contributed by atoms with Crippen LogP contribution in [0.15, 0.2) is 70.2 Å². The van der Waals surface area contributed by atoms with Crippen molar-refractivity contribution in [2.24, 2.45) is 0 Å². The van der Waals surface area contributed by atoms with Gasteiger partial charge in [0.2, 0.25) is 0 Å².